The molecule has 2 aliphatic heterocycles. The first-order valence-electron chi connectivity index (χ1n) is 12.3. The number of esters is 2. The third-order valence-corrected chi connectivity index (χ3v) is 8.84. The fourth-order valence-electron chi connectivity index (χ4n) is 3.85. The molecule has 3 rings (SSSR count). The maximum absolute atomic E-state index is 13.2. The minimum absolute atomic E-state index is 0.0380. The molecule has 2 unspecified atom stereocenters. The van der Waals surface area contributed by atoms with Crippen molar-refractivity contribution in [3.05, 3.63) is 26.5 Å². The van der Waals surface area contributed by atoms with Crippen LogP contribution in [0.5, 0.6) is 0 Å². The lowest BCUT2D eigenvalue weighted by Crippen LogP contribution is -2.72. The van der Waals surface area contributed by atoms with Crippen LogP contribution in [0.25, 0.3) is 0 Å². The SMILES string of the molecule is C=PCc1nc(C(=NOC)C(=O)NC2C(=O)N3C(C(=O)OCOC(=O)C(C)(C)C)=C(OS(=O)(=O)C(F)(F)F)CCC23)c(Cl)s1. The van der Waals surface area contributed by atoms with Gasteiger partial charge in [0.2, 0.25) is 6.79 Å². The van der Waals surface area contributed by atoms with E-state index in [-0.39, 0.29) is 22.2 Å². The normalized spacial score (nSPS) is 19.2. The van der Waals surface area contributed by atoms with Crippen molar-refractivity contribution >= 4 is 77.0 Å². The zero-order chi connectivity index (χ0) is 33.2. The van der Waals surface area contributed by atoms with Gasteiger partial charge in [0.05, 0.1) is 11.5 Å². The summed E-state index contributed by atoms with van der Waals surface area (Å²) in [5, 5.41) is 6.60. The molecule has 2 aliphatic rings. The van der Waals surface area contributed by atoms with Gasteiger partial charge in [-0.05, 0) is 27.2 Å². The molecule has 0 aromatic carbocycles. The molecule has 0 radical (unpaired) electrons. The number of ether oxygens (including phenoxy) is 2. The van der Waals surface area contributed by atoms with E-state index < -0.39 is 81.5 Å². The van der Waals surface area contributed by atoms with Crippen molar-refractivity contribution in [2.45, 2.75) is 57.4 Å². The largest absolute Gasteiger partial charge is 0.534 e. The molecule has 242 valence electrons. The summed E-state index contributed by atoms with van der Waals surface area (Å²) in [5.74, 6) is -5.33. The Morgan fingerprint density at radius 1 is 1.25 bits per heavy atom. The highest BCUT2D eigenvalue weighted by atomic mass is 35.5. The van der Waals surface area contributed by atoms with E-state index in [0.29, 0.717) is 16.1 Å². The summed E-state index contributed by atoms with van der Waals surface area (Å²) < 4.78 is 76.6. The Hall–Kier alpha value is -3.28. The van der Waals surface area contributed by atoms with E-state index in [4.69, 9.17) is 25.9 Å². The Morgan fingerprint density at radius 3 is 2.48 bits per heavy atom. The van der Waals surface area contributed by atoms with Crippen LogP contribution in [0.15, 0.2) is 16.6 Å². The first kappa shape index (κ1) is 35.2. The molecule has 1 aromatic heterocycles. The van der Waals surface area contributed by atoms with Crippen LogP contribution in [0.3, 0.4) is 0 Å². The minimum atomic E-state index is -6.25. The number of carbonyl (C=O) groups is 4. The summed E-state index contributed by atoms with van der Waals surface area (Å²) >= 11 is 7.30. The first-order valence-corrected chi connectivity index (χ1v) is 16.1. The summed E-state index contributed by atoms with van der Waals surface area (Å²) in [7, 11) is -4.37. The first-order chi connectivity index (χ1) is 20.3. The molecule has 1 fully saturated rings. The van der Waals surface area contributed by atoms with Crippen LogP contribution < -0.4 is 5.32 Å². The van der Waals surface area contributed by atoms with Gasteiger partial charge in [0.25, 0.3) is 11.8 Å². The van der Waals surface area contributed by atoms with E-state index in [1.54, 1.807) is 0 Å². The smallest absolute Gasteiger partial charge is 0.427 e. The maximum Gasteiger partial charge on any atom is 0.534 e. The van der Waals surface area contributed by atoms with Crippen LogP contribution in [0.2, 0.25) is 4.34 Å². The molecule has 0 bridgehead atoms. The number of aromatic nitrogens is 1. The summed E-state index contributed by atoms with van der Waals surface area (Å²) in [6.45, 7) is 3.49. The van der Waals surface area contributed by atoms with Gasteiger partial charge in [-0.15, -0.1) is 19.5 Å². The van der Waals surface area contributed by atoms with E-state index in [9.17, 15) is 40.8 Å². The zero-order valence-corrected chi connectivity index (χ0v) is 26.7. The van der Waals surface area contributed by atoms with Crippen molar-refractivity contribution in [1.82, 2.24) is 15.2 Å². The number of alkyl halides is 3. The van der Waals surface area contributed by atoms with Crippen LogP contribution >= 0.6 is 31.1 Å². The van der Waals surface area contributed by atoms with Crippen molar-refractivity contribution in [3.8, 4) is 0 Å². The number of hydrogen-bond donors (Lipinski definition) is 1. The third-order valence-electron chi connectivity index (χ3n) is 5.86. The third kappa shape index (κ3) is 7.50. The number of thiazole rings is 1. The Kier molecular flexibility index (Phi) is 10.7. The standard InChI is InChI=1S/C23H25ClF3N4O10PS2/c1-22(2,3)21(35)40-9-39-20(34)16-11(41-44(36,37)23(25,26)27)7-6-10-13(19(33)31(10)16)29-18(32)15(30-38-4)14-17(24)43-12(28-14)8-42-5/h10,13H,5-9H2,1-4H3,(H,29,32). The predicted molar refractivity (Wildman–Crippen MR) is 150 cm³/mol. The number of hydrogen-bond acceptors (Lipinski definition) is 13. The second-order valence-electron chi connectivity index (χ2n) is 9.99. The molecule has 1 N–H and O–H groups in total. The van der Waals surface area contributed by atoms with E-state index in [2.05, 4.69) is 25.9 Å². The summed E-state index contributed by atoms with van der Waals surface area (Å²) in [5.41, 5.74) is -8.26. The van der Waals surface area contributed by atoms with Crippen LogP contribution in [0.1, 0.15) is 44.3 Å². The Labute approximate surface area is 259 Å². The Bertz CT molecular complexity index is 1540. The number of carbonyl (C=O) groups excluding carboxylic acids is 4. The number of β-lactam (4-membered cyclic amide) rings is 1. The molecule has 21 heteroatoms. The highest BCUT2D eigenvalue weighted by molar-refractivity contribution is 7.87. The van der Waals surface area contributed by atoms with Gasteiger partial charge in [0, 0.05) is 12.6 Å². The monoisotopic (exact) mass is 704 g/mol. The van der Waals surface area contributed by atoms with Gasteiger partial charge in [-0.25, -0.2) is 9.78 Å². The molecule has 0 saturated carbocycles. The highest BCUT2D eigenvalue weighted by Gasteiger charge is 2.56. The molecule has 3 heterocycles. The van der Waals surface area contributed by atoms with Gasteiger partial charge < -0.3 is 23.8 Å². The van der Waals surface area contributed by atoms with E-state index in [0.717, 1.165) is 26.7 Å². The summed E-state index contributed by atoms with van der Waals surface area (Å²) in [4.78, 5) is 60.9. The van der Waals surface area contributed by atoms with Gasteiger partial charge in [0.15, 0.2) is 17.2 Å². The van der Waals surface area contributed by atoms with Crippen molar-refractivity contribution in [3.63, 3.8) is 0 Å². The molecule has 14 nitrogen and oxygen atoms in total. The van der Waals surface area contributed by atoms with Gasteiger partial charge >= 0.3 is 27.6 Å². The van der Waals surface area contributed by atoms with Crippen molar-refractivity contribution in [1.29, 1.82) is 0 Å². The number of amides is 2. The number of halogens is 4. The van der Waals surface area contributed by atoms with Crippen LogP contribution in [-0.2, 0) is 54.0 Å². The second-order valence-corrected chi connectivity index (χ2v) is 14.0. The molecule has 0 spiro atoms. The van der Waals surface area contributed by atoms with Gasteiger partial charge in [-0.2, -0.15) is 21.6 Å². The molecule has 2 atom stereocenters. The van der Waals surface area contributed by atoms with Crippen molar-refractivity contribution < 1.29 is 59.3 Å². The molecule has 1 saturated heterocycles. The number of rotatable bonds is 11. The lowest BCUT2D eigenvalue weighted by Gasteiger charge is -2.49. The fraction of sp³-hybridized carbons (Fsp3) is 0.522. The molecular weight excluding hydrogens is 680 g/mol. The van der Waals surface area contributed by atoms with E-state index >= 15 is 0 Å². The molecule has 2 amide bonds. The summed E-state index contributed by atoms with van der Waals surface area (Å²) in [6, 6.07) is -2.40. The molecular formula is C23H25ClF3N4O10PS2. The number of fused-ring (bicyclic) bond motifs is 1. The number of oxime groups is 1. The quantitative estimate of drug-likeness (QED) is 0.0523. The van der Waals surface area contributed by atoms with Crippen LogP contribution in [0, 0.1) is 5.41 Å². The fourth-order valence-corrected chi connectivity index (χ4v) is 6.14. The highest BCUT2D eigenvalue weighted by Crippen LogP contribution is 2.40. The lowest BCUT2D eigenvalue weighted by molar-refractivity contribution is -0.174. The average molecular weight is 705 g/mol. The van der Waals surface area contributed by atoms with Gasteiger partial charge in [0.1, 0.15) is 28.2 Å². The minimum Gasteiger partial charge on any atom is -0.427 e. The van der Waals surface area contributed by atoms with Gasteiger partial charge in [-0.3, -0.25) is 19.3 Å². The number of nitrogens with zero attached hydrogens (tertiary/aromatic N) is 3. The van der Waals surface area contributed by atoms with Crippen molar-refractivity contribution in [2.75, 3.05) is 13.9 Å². The zero-order valence-electron chi connectivity index (χ0n) is 23.4. The Balaban J connectivity index is 1.88. The van der Waals surface area contributed by atoms with Gasteiger partial charge in [-0.1, -0.05) is 23.1 Å². The average Bonchev–Trinajstić information content (AvgIpc) is 3.27. The number of allylic oxidation sites excluding steroid dienone is 1. The lowest BCUT2D eigenvalue weighted by atomic mass is 9.85. The maximum atomic E-state index is 13.2. The van der Waals surface area contributed by atoms with Crippen LogP contribution in [-0.4, -0.2) is 85.6 Å². The Morgan fingerprint density at radius 2 is 1.91 bits per heavy atom. The van der Waals surface area contributed by atoms with Crippen molar-refractivity contribution in [2.24, 2.45) is 10.6 Å². The summed E-state index contributed by atoms with van der Waals surface area (Å²) in [6.07, 6.45) is 3.29. The van der Waals surface area contributed by atoms with Crippen LogP contribution in [0.4, 0.5) is 13.2 Å². The molecule has 0 aliphatic carbocycles. The molecule has 1 aromatic rings. The number of nitrogens with one attached hydrogen (secondary N) is 1. The van der Waals surface area contributed by atoms with E-state index in [1.165, 1.54) is 20.8 Å². The topological polar surface area (TPSA) is 180 Å². The molecule has 44 heavy (non-hydrogen) atoms. The second kappa shape index (κ2) is 13.4. The predicted octanol–water partition coefficient (Wildman–Crippen LogP) is 2.68. The van der Waals surface area contributed by atoms with E-state index in [1.807, 2.05) is 0 Å².